The molecule has 0 atom stereocenters. The number of hydrogen-bond donors (Lipinski definition) is 1. The molecule has 174 valence electrons. The summed E-state index contributed by atoms with van der Waals surface area (Å²) in [4.78, 5) is 12.7. The third-order valence-corrected chi connectivity index (χ3v) is 8.77. The van der Waals surface area contributed by atoms with Crippen molar-refractivity contribution in [2.24, 2.45) is 5.41 Å². The van der Waals surface area contributed by atoms with Gasteiger partial charge in [-0.15, -0.1) is 0 Å². The fourth-order valence-electron chi connectivity index (χ4n) is 3.68. The molecule has 0 saturated carbocycles. The summed E-state index contributed by atoms with van der Waals surface area (Å²) in [5.74, 6) is 0.0577. The lowest BCUT2D eigenvalue weighted by Crippen LogP contribution is -2.41. The summed E-state index contributed by atoms with van der Waals surface area (Å²) in [7, 11) is -2.38. The van der Waals surface area contributed by atoms with Crippen LogP contribution >= 0.6 is 23.2 Å². The van der Waals surface area contributed by atoms with Crippen LogP contribution in [0.3, 0.4) is 0 Å². The highest BCUT2D eigenvalue weighted by Gasteiger charge is 2.48. The Balaban J connectivity index is 2.16. The van der Waals surface area contributed by atoms with Crippen molar-refractivity contribution >= 4 is 44.6 Å². The Kier molecular flexibility index (Phi) is 7.15. The number of anilines is 1. The van der Waals surface area contributed by atoms with E-state index in [4.69, 9.17) is 32.7 Å². The molecule has 9 heteroatoms. The van der Waals surface area contributed by atoms with Gasteiger partial charge >= 0.3 is 0 Å². The first-order valence-electron chi connectivity index (χ1n) is 10.2. The predicted molar refractivity (Wildman–Crippen MR) is 126 cm³/mol. The van der Waals surface area contributed by atoms with E-state index in [0.717, 1.165) is 0 Å². The molecule has 32 heavy (non-hydrogen) atoms. The minimum atomic E-state index is -3.83. The number of ether oxygens (including phenoxy) is 2. The molecule has 0 aromatic heterocycles. The Morgan fingerprint density at radius 2 is 1.69 bits per heavy atom. The van der Waals surface area contributed by atoms with E-state index in [9.17, 15) is 13.2 Å². The van der Waals surface area contributed by atoms with E-state index in [0.29, 0.717) is 22.0 Å². The minimum Gasteiger partial charge on any atom is -0.495 e. The molecule has 1 saturated heterocycles. The number of carbonyl (C=O) groups excluding carboxylic acids is 1. The first-order chi connectivity index (χ1) is 14.9. The van der Waals surface area contributed by atoms with Crippen molar-refractivity contribution in [3.8, 4) is 5.75 Å². The van der Waals surface area contributed by atoms with Crippen molar-refractivity contribution < 1.29 is 22.7 Å². The van der Waals surface area contributed by atoms with Gasteiger partial charge in [0.1, 0.15) is 16.2 Å². The summed E-state index contributed by atoms with van der Waals surface area (Å²) < 4.78 is 37.5. The van der Waals surface area contributed by atoms with E-state index >= 15 is 0 Å². The lowest BCUT2D eigenvalue weighted by Gasteiger charge is -2.37. The average molecular weight is 500 g/mol. The molecule has 0 aliphatic carbocycles. The highest BCUT2D eigenvalue weighted by atomic mass is 35.5. The van der Waals surface area contributed by atoms with E-state index < -0.39 is 20.0 Å². The summed E-state index contributed by atoms with van der Waals surface area (Å²) >= 11 is 12.5. The number of carbonyl (C=O) groups is 1. The lowest BCUT2D eigenvalue weighted by atomic mass is 9.89. The molecule has 0 unspecified atom stereocenters. The van der Waals surface area contributed by atoms with Crippen LogP contribution in [0.4, 0.5) is 5.69 Å². The zero-order chi connectivity index (χ0) is 23.7. The molecule has 2 aromatic carbocycles. The first kappa shape index (κ1) is 24.8. The standard InChI is InChI=1S/C23H27Cl2NO5S/c1-22(2,3)21(27)26-20-18(25)13-15(14-19(20)30-4)23(9-11-31-12-10-23)32(28,29)17-7-5-16(24)6-8-17/h5-8,13-14H,9-12H2,1-4H3,(H,26,27). The van der Waals surface area contributed by atoms with E-state index in [2.05, 4.69) is 5.32 Å². The van der Waals surface area contributed by atoms with Crippen LogP contribution in [-0.2, 0) is 24.1 Å². The third kappa shape index (κ3) is 4.62. The van der Waals surface area contributed by atoms with E-state index in [1.165, 1.54) is 19.2 Å². The summed E-state index contributed by atoms with van der Waals surface area (Å²) in [5.41, 5.74) is 0.155. The van der Waals surface area contributed by atoms with Crippen molar-refractivity contribution in [1.82, 2.24) is 0 Å². The number of benzene rings is 2. The lowest BCUT2D eigenvalue weighted by molar-refractivity contribution is -0.123. The summed E-state index contributed by atoms with van der Waals surface area (Å²) in [6.07, 6.45) is 0.510. The quantitative estimate of drug-likeness (QED) is 0.589. The number of rotatable bonds is 5. The summed E-state index contributed by atoms with van der Waals surface area (Å²) in [6, 6.07) is 9.36. The van der Waals surface area contributed by atoms with Gasteiger partial charge in [0, 0.05) is 23.7 Å². The van der Waals surface area contributed by atoms with Crippen LogP contribution in [0.5, 0.6) is 5.75 Å². The van der Waals surface area contributed by atoms with Gasteiger partial charge in [-0.25, -0.2) is 8.42 Å². The molecule has 2 aromatic rings. The third-order valence-electron chi connectivity index (χ3n) is 5.66. The van der Waals surface area contributed by atoms with Gasteiger partial charge in [-0.2, -0.15) is 0 Å². The largest absolute Gasteiger partial charge is 0.495 e. The van der Waals surface area contributed by atoms with Gasteiger partial charge in [0.2, 0.25) is 5.91 Å². The number of nitrogens with one attached hydrogen (secondary N) is 1. The van der Waals surface area contributed by atoms with Crippen LogP contribution in [0.15, 0.2) is 41.3 Å². The fraction of sp³-hybridized carbons (Fsp3) is 0.435. The molecule has 0 bridgehead atoms. The van der Waals surface area contributed by atoms with Gasteiger partial charge in [-0.05, 0) is 54.8 Å². The smallest absolute Gasteiger partial charge is 0.229 e. The van der Waals surface area contributed by atoms with Gasteiger partial charge in [-0.3, -0.25) is 4.79 Å². The van der Waals surface area contributed by atoms with E-state index in [1.807, 2.05) is 0 Å². The zero-order valence-electron chi connectivity index (χ0n) is 18.5. The number of amides is 1. The monoisotopic (exact) mass is 499 g/mol. The van der Waals surface area contributed by atoms with Crippen molar-refractivity contribution in [3.63, 3.8) is 0 Å². The molecule has 6 nitrogen and oxygen atoms in total. The number of halogens is 2. The van der Waals surface area contributed by atoms with Gasteiger partial charge in [0.25, 0.3) is 0 Å². The first-order valence-corrected chi connectivity index (χ1v) is 12.4. The van der Waals surface area contributed by atoms with Gasteiger partial charge in [-0.1, -0.05) is 44.0 Å². The Labute approximate surface area is 199 Å². The highest BCUT2D eigenvalue weighted by Crippen LogP contribution is 2.47. The van der Waals surface area contributed by atoms with Crippen LogP contribution < -0.4 is 10.1 Å². The highest BCUT2D eigenvalue weighted by molar-refractivity contribution is 7.92. The maximum absolute atomic E-state index is 13.9. The molecule has 1 amide bonds. The molecular formula is C23H27Cl2NO5S. The molecule has 0 radical (unpaired) electrons. The second-order valence-electron chi connectivity index (χ2n) is 8.80. The second kappa shape index (κ2) is 9.21. The summed E-state index contributed by atoms with van der Waals surface area (Å²) in [6.45, 7) is 5.93. The predicted octanol–water partition coefficient (Wildman–Crippen LogP) is 5.47. The Bertz CT molecular complexity index is 1100. The van der Waals surface area contributed by atoms with Gasteiger partial charge in [0.05, 0.1) is 17.0 Å². The maximum atomic E-state index is 13.9. The number of hydrogen-bond acceptors (Lipinski definition) is 5. The van der Waals surface area contributed by atoms with Crippen molar-refractivity contribution in [3.05, 3.63) is 52.0 Å². The van der Waals surface area contributed by atoms with Crippen molar-refractivity contribution in [1.29, 1.82) is 0 Å². The molecule has 3 rings (SSSR count). The molecular weight excluding hydrogens is 473 g/mol. The Morgan fingerprint density at radius 3 is 2.22 bits per heavy atom. The second-order valence-corrected chi connectivity index (χ2v) is 11.9. The van der Waals surface area contributed by atoms with Gasteiger partial charge in [0.15, 0.2) is 9.84 Å². The van der Waals surface area contributed by atoms with Crippen molar-refractivity contribution in [2.75, 3.05) is 25.6 Å². The minimum absolute atomic E-state index is 0.170. The maximum Gasteiger partial charge on any atom is 0.229 e. The molecule has 1 N–H and O–H groups in total. The molecule has 0 spiro atoms. The Hall–Kier alpha value is -1.80. The van der Waals surface area contributed by atoms with E-state index in [1.54, 1.807) is 45.0 Å². The summed E-state index contributed by atoms with van der Waals surface area (Å²) in [5, 5.41) is 3.46. The van der Waals surface area contributed by atoms with Crippen LogP contribution in [0.1, 0.15) is 39.2 Å². The average Bonchev–Trinajstić information content (AvgIpc) is 2.74. The van der Waals surface area contributed by atoms with Crippen LogP contribution in [0.25, 0.3) is 0 Å². The van der Waals surface area contributed by atoms with Gasteiger partial charge < -0.3 is 14.8 Å². The molecule has 1 fully saturated rings. The van der Waals surface area contributed by atoms with Crippen LogP contribution in [0, 0.1) is 5.41 Å². The van der Waals surface area contributed by atoms with Crippen molar-refractivity contribution in [2.45, 2.75) is 43.3 Å². The zero-order valence-corrected chi connectivity index (χ0v) is 20.8. The normalized spacial score (nSPS) is 16.4. The van der Waals surface area contributed by atoms with Crippen LogP contribution in [-0.4, -0.2) is 34.6 Å². The SMILES string of the molecule is COc1cc(C2(S(=O)(=O)c3ccc(Cl)cc3)CCOCC2)cc(Cl)c1NC(=O)C(C)(C)C. The van der Waals surface area contributed by atoms with E-state index in [-0.39, 0.29) is 41.9 Å². The van der Waals surface area contributed by atoms with Crippen LogP contribution in [0.2, 0.25) is 10.0 Å². The number of sulfone groups is 1. The number of methoxy groups -OCH3 is 1. The molecule has 1 aliphatic heterocycles. The molecule has 1 heterocycles. The fourth-order valence-corrected chi connectivity index (χ4v) is 6.14. The Morgan fingerprint density at radius 1 is 1.09 bits per heavy atom. The topological polar surface area (TPSA) is 81.7 Å². The molecule has 1 aliphatic rings.